The quantitative estimate of drug-likeness (QED) is 0.579. The minimum absolute atomic E-state index is 0.107. The summed E-state index contributed by atoms with van der Waals surface area (Å²) in [6.45, 7) is 0. The van der Waals surface area contributed by atoms with Crippen LogP contribution >= 0.6 is 46.1 Å². The SMILES string of the molecule is O=C(Cl)c1sc2[se]c(Cl)cc2c1Cl. The van der Waals surface area contributed by atoms with Crippen LogP contribution in [0.25, 0.3) is 8.96 Å². The Balaban J connectivity index is 2.76. The van der Waals surface area contributed by atoms with Crippen LogP contribution in [0.15, 0.2) is 6.07 Å². The van der Waals surface area contributed by atoms with Gasteiger partial charge in [0.2, 0.25) is 0 Å². The molecule has 0 spiro atoms. The first-order chi connectivity index (χ1) is 6.09. The molecular weight excluding hydrogens is 317 g/mol. The number of carbonyl (C=O) groups is 1. The number of carbonyl (C=O) groups excluding carboxylic acids is 1. The van der Waals surface area contributed by atoms with Gasteiger partial charge in [0.15, 0.2) is 0 Å². The Bertz CT molecular complexity index is 487. The van der Waals surface area contributed by atoms with Gasteiger partial charge in [0, 0.05) is 0 Å². The van der Waals surface area contributed by atoms with Crippen molar-refractivity contribution < 1.29 is 4.79 Å². The first-order valence-corrected chi connectivity index (χ1v) is 6.83. The average Bonchev–Trinajstić information content (AvgIpc) is 2.51. The second-order valence-electron chi connectivity index (χ2n) is 2.27. The van der Waals surface area contributed by atoms with E-state index < -0.39 is 5.24 Å². The molecule has 0 unspecified atom stereocenters. The van der Waals surface area contributed by atoms with Crippen molar-refractivity contribution in [1.29, 1.82) is 0 Å². The molecule has 0 saturated carbocycles. The van der Waals surface area contributed by atoms with Gasteiger partial charge in [0.05, 0.1) is 0 Å². The molecule has 0 radical (unpaired) electrons. The molecule has 2 aromatic heterocycles. The second kappa shape index (κ2) is 3.58. The molecule has 0 bridgehead atoms. The Morgan fingerprint density at radius 1 is 1.46 bits per heavy atom. The molecule has 0 aliphatic rings. The molecule has 0 aromatic carbocycles. The minimum atomic E-state index is -0.496. The molecule has 68 valence electrons. The van der Waals surface area contributed by atoms with Gasteiger partial charge in [-0.25, -0.2) is 0 Å². The zero-order chi connectivity index (χ0) is 9.59. The third-order valence-electron chi connectivity index (χ3n) is 1.48. The van der Waals surface area contributed by atoms with Crippen LogP contribution in [0.4, 0.5) is 0 Å². The maximum atomic E-state index is 10.9. The van der Waals surface area contributed by atoms with Crippen molar-refractivity contribution in [3.05, 3.63) is 19.9 Å². The molecule has 1 nitrogen and oxygen atoms in total. The zero-order valence-corrected chi connectivity index (χ0v) is 10.7. The average molecular weight is 318 g/mol. The molecule has 0 aliphatic heterocycles. The van der Waals surface area contributed by atoms with Gasteiger partial charge in [0.1, 0.15) is 0 Å². The van der Waals surface area contributed by atoms with Crippen molar-refractivity contribution in [2.24, 2.45) is 0 Å². The second-order valence-corrected chi connectivity index (χ2v) is 7.72. The van der Waals surface area contributed by atoms with E-state index in [0.29, 0.717) is 9.90 Å². The van der Waals surface area contributed by atoms with E-state index in [1.165, 1.54) is 11.3 Å². The van der Waals surface area contributed by atoms with E-state index in [1.54, 1.807) is 6.07 Å². The van der Waals surface area contributed by atoms with Gasteiger partial charge in [-0.05, 0) is 0 Å². The number of thiophene rings is 1. The third kappa shape index (κ3) is 1.70. The Labute approximate surface area is 98.9 Å². The fraction of sp³-hybridized carbons (Fsp3) is 0. The molecule has 2 heterocycles. The normalized spacial score (nSPS) is 11.0. The van der Waals surface area contributed by atoms with Crippen LogP contribution in [0.1, 0.15) is 9.67 Å². The topological polar surface area (TPSA) is 17.1 Å². The summed E-state index contributed by atoms with van der Waals surface area (Å²) in [7, 11) is 0. The van der Waals surface area contributed by atoms with Gasteiger partial charge in [0.25, 0.3) is 0 Å². The summed E-state index contributed by atoms with van der Waals surface area (Å²) in [5, 5.41) is 0.822. The van der Waals surface area contributed by atoms with E-state index in [4.69, 9.17) is 34.8 Å². The fourth-order valence-electron chi connectivity index (χ4n) is 0.960. The summed E-state index contributed by atoms with van der Waals surface area (Å²) in [5.74, 6) is 0. The van der Waals surface area contributed by atoms with Crippen molar-refractivity contribution in [1.82, 2.24) is 0 Å². The maximum absolute atomic E-state index is 10.9. The van der Waals surface area contributed by atoms with E-state index in [1.807, 2.05) is 0 Å². The van der Waals surface area contributed by atoms with Crippen molar-refractivity contribution in [2.75, 3.05) is 0 Å². The summed E-state index contributed by atoms with van der Waals surface area (Å²) in [5.41, 5.74) is 0. The fourth-order valence-corrected chi connectivity index (χ4v) is 5.84. The van der Waals surface area contributed by atoms with Crippen LogP contribution in [0, 0.1) is 0 Å². The number of rotatable bonds is 1. The Morgan fingerprint density at radius 3 is 2.69 bits per heavy atom. The molecule has 0 saturated heterocycles. The van der Waals surface area contributed by atoms with Gasteiger partial charge in [-0.15, -0.1) is 0 Å². The van der Waals surface area contributed by atoms with Crippen molar-refractivity contribution >= 4 is 74.8 Å². The monoisotopic (exact) mass is 318 g/mol. The van der Waals surface area contributed by atoms with Gasteiger partial charge in [-0.2, -0.15) is 0 Å². The summed E-state index contributed by atoms with van der Waals surface area (Å²) >= 11 is 18.6. The van der Waals surface area contributed by atoms with Crippen LogP contribution in [0.5, 0.6) is 0 Å². The van der Waals surface area contributed by atoms with Crippen LogP contribution in [0.3, 0.4) is 0 Å². The van der Waals surface area contributed by atoms with Crippen LogP contribution < -0.4 is 0 Å². The zero-order valence-electron chi connectivity index (χ0n) is 5.94. The molecule has 6 heteroatoms. The third-order valence-corrected chi connectivity index (χ3v) is 6.26. The molecule has 0 N–H and O–H groups in total. The summed E-state index contributed by atoms with van der Waals surface area (Å²) in [6, 6.07) is 1.80. The number of halogens is 3. The van der Waals surface area contributed by atoms with Gasteiger partial charge in [-0.3, -0.25) is 0 Å². The van der Waals surface area contributed by atoms with E-state index in [2.05, 4.69) is 0 Å². The van der Waals surface area contributed by atoms with Crippen molar-refractivity contribution in [2.45, 2.75) is 0 Å². The Kier molecular flexibility index (Phi) is 2.76. The van der Waals surface area contributed by atoms with Gasteiger partial charge >= 0.3 is 99.5 Å². The van der Waals surface area contributed by atoms with Crippen molar-refractivity contribution in [3.8, 4) is 0 Å². The Morgan fingerprint density at radius 2 is 2.15 bits per heavy atom. The van der Waals surface area contributed by atoms with E-state index >= 15 is 0 Å². The van der Waals surface area contributed by atoms with Crippen LogP contribution in [0.2, 0.25) is 8.92 Å². The first kappa shape index (κ1) is 10.0. The molecule has 0 atom stereocenters. The molecule has 0 amide bonds. The van der Waals surface area contributed by atoms with Crippen LogP contribution in [-0.2, 0) is 0 Å². The standard InChI is InChI=1S/C7HCl3OSSe/c8-3-1-2-4(9)5(6(10)11)12-7(2)13-3/h1H. The molecular formula is C7HCl3OSSe. The molecule has 2 rings (SSSR count). The predicted octanol–water partition coefficient (Wildman–Crippen LogP) is 3.64. The molecule has 13 heavy (non-hydrogen) atoms. The molecule has 2 aromatic rings. The van der Waals surface area contributed by atoms with Gasteiger partial charge in [-0.1, -0.05) is 0 Å². The summed E-state index contributed by atoms with van der Waals surface area (Å²) < 4.78 is 1.88. The van der Waals surface area contributed by atoms with E-state index in [-0.39, 0.29) is 14.5 Å². The molecule has 0 aliphatic carbocycles. The number of hydrogen-bond donors (Lipinski definition) is 0. The summed E-state index contributed by atoms with van der Waals surface area (Å²) in [6.07, 6.45) is 0. The van der Waals surface area contributed by atoms with Crippen molar-refractivity contribution in [3.63, 3.8) is 0 Å². The summed E-state index contributed by atoms with van der Waals surface area (Å²) in [4.78, 5) is 11.3. The van der Waals surface area contributed by atoms with E-state index in [9.17, 15) is 4.79 Å². The van der Waals surface area contributed by atoms with Crippen LogP contribution in [-0.4, -0.2) is 19.7 Å². The first-order valence-electron chi connectivity index (χ1n) is 3.16. The number of fused-ring (bicyclic) bond motifs is 1. The number of hydrogen-bond acceptors (Lipinski definition) is 2. The predicted molar refractivity (Wildman–Crippen MR) is 59.0 cm³/mol. The Hall–Kier alpha value is 0.499. The molecule has 0 fully saturated rings. The van der Waals surface area contributed by atoms with E-state index in [0.717, 1.165) is 12.9 Å². The van der Waals surface area contributed by atoms with Gasteiger partial charge < -0.3 is 0 Å².